The highest BCUT2D eigenvalue weighted by Crippen LogP contribution is 2.24. The van der Waals surface area contributed by atoms with Crippen LogP contribution in [0.1, 0.15) is 53.2 Å². The van der Waals surface area contributed by atoms with Crippen molar-refractivity contribution in [3.63, 3.8) is 0 Å². The zero-order valence-electron chi connectivity index (χ0n) is 13.8. The van der Waals surface area contributed by atoms with Crippen LogP contribution in [-0.2, 0) is 11.2 Å². The molecule has 0 atom stereocenters. The first-order valence-corrected chi connectivity index (χ1v) is 8.33. The van der Waals surface area contributed by atoms with E-state index in [9.17, 15) is 4.79 Å². The summed E-state index contributed by atoms with van der Waals surface area (Å²) in [5.41, 5.74) is 5.90. The van der Waals surface area contributed by atoms with E-state index in [4.69, 9.17) is 4.74 Å². The summed E-state index contributed by atoms with van der Waals surface area (Å²) in [6.45, 7) is 6.28. The van der Waals surface area contributed by atoms with Crippen molar-refractivity contribution in [1.29, 1.82) is 0 Å². The lowest BCUT2D eigenvalue weighted by Gasteiger charge is -2.04. The third kappa shape index (κ3) is 4.39. The van der Waals surface area contributed by atoms with Gasteiger partial charge in [0.05, 0.1) is 19.0 Å². The lowest BCUT2D eigenvalue weighted by atomic mass is 10.0. The molecule has 0 aliphatic heterocycles. The number of carbonyl (C=O) groups excluding carboxylic acids is 1. The molecule has 1 N–H and O–H groups in total. The van der Waals surface area contributed by atoms with Crippen LogP contribution in [0.2, 0.25) is 0 Å². The molecule has 122 valence electrons. The smallest absolute Gasteiger partial charge is 0.350 e. The van der Waals surface area contributed by atoms with E-state index in [2.05, 4.69) is 41.5 Å². The second kappa shape index (κ2) is 7.87. The van der Waals surface area contributed by atoms with Crippen molar-refractivity contribution in [2.45, 2.75) is 33.1 Å². The van der Waals surface area contributed by atoms with Crippen LogP contribution in [0.25, 0.3) is 0 Å². The zero-order valence-corrected chi connectivity index (χ0v) is 14.6. The number of nitrogens with zero attached hydrogens (tertiary/aromatic N) is 2. The van der Waals surface area contributed by atoms with Crippen molar-refractivity contribution < 1.29 is 9.53 Å². The summed E-state index contributed by atoms with van der Waals surface area (Å²) in [4.78, 5) is 16.6. The van der Waals surface area contributed by atoms with Gasteiger partial charge in [0, 0.05) is 0 Å². The first-order valence-electron chi connectivity index (χ1n) is 7.52. The normalized spacial score (nSPS) is 11.2. The van der Waals surface area contributed by atoms with E-state index in [1.54, 1.807) is 6.21 Å². The van der Waals surface area contributed by atoms with Crippen molar-refractivity contribution in [3.05, 3.63) is 46.0 Å². The lowest BCUT2D eigenvalue weighted by molar-refractivity contribution is 0.0605. The number of aryl methyl sites for hydroxylation is 1. The maximum atomic E-state index is 11.7. The molecule has 0 amide bonds. The molecule has 1 heterocycles. The number of thiazole rings is 1. The maximum Gasteiger partial charge on any atom is 0.350 e. The monoisotopic (exact) mass is 331 g/mol. The van der Waals surface area contributed by atoms with Gasteiger partial charge in [0.25, 0.3) is 0 Å². The molecule has 23 heavy (non-hydrogen) atoms. The minimum atomic E-state index is -0.361. The summed E-state index contributed by atoms with van der Waals surface area (Å²) >= 11 is 1.25. The van der Waals surface area contributed by atoms with E-state index in [1.165, 1.54) is 24.0 Å². The Morgan fingerprint density at radius 3 is 2.65 bits per heavy atom. The molecule has 5 nitrogen and oxygen atoms in total. The summed E-state index contributed by atoms with van der Waals surface area (Å²) in [6.07, 6.45) is 2.40. The molecular weight excluding hydrogens is 310 g/mol. The zero-order chi connectivity index (χ0) is 16.8. The predicted molar refractivity (Wildman–Crippen MR) is 94.6 cm³/mol. The summed E-state index contributed by atoms with van der Waals surface area (Å²) in [7, 11) is 1.37. The SMILES string of the molecule is CCc1nc(N/N=C\c2ccc(C(C)C)cc2)sc1C(=O)OC. The first-order chi connectivity index (χ1) is 11.0. The molecule has 0 saturated heterocycles. The Bertz CT molecular complexity index is 690. The number of ether oxygens (including phenoxy) is 1. The van der Waals surface area contributed by atoms with Crippen molar-refractivity contribution in [2.75, 3.05) is 12.5 Å². The predicted octanol–water partition coefficient (Wildman–Crippen LogP) is 4.06. The van der Waals surface area contributed by atoms with Crippen LogP contribution >= 0.6 is 11.3 Å². The summed E-state index contributed by atoms with van der Waals surface area (Å²) in [5.74, 6) is 0.152. The van der Waals surface area contributed by atoms with Gasteiger partial charge in [-0.15, -0.1) is 0 Å². The number of rotatable bonds is 6. The second-order valence-corrected chi connectivity index (χ2v) is 6.33. The molecular formula is C17H21N3O2S. The highest BCUT2D eigenvalue weighted by atomic mass is 32.1. The quantitative estimate of drug-likeness (QED) is 0.492. The molecule has 6 heteroatoms. The summed E-state index contributed by atoms with van der Waals surface area (Å²) < 4.78 is 4.76. The molecule has 0 unspecified atom stereocenters. The average Bonchev–Trinajstić information content (AvgIpc) is 2.98. The van der Waals surface area contributed by atoms with Crippen LogP contribution in [0, 0.1) is 0 Å². The fourth-order valence-corrected chi connectivity index (χ4v) is 2.94. The van der Waals surface area contributed by atoms with Gasteiger partial charge in [-0.2, -0.15) is 5.10 Å². The molecule has 0 radical (unpaired) electrons. The van der Waals surface area contributed by atoms with Crippen molar-refractivity contribution in [3.8, 4) is 0 Å². The van der Waals surface area contributed by atoms with Crippen LogP contribution in [0.5, 0.6) is 0 Å². The van der Waals surface area contributed by atoms with E-state index in [0.29, 0.717) is 22.3 Å². The summed E-state index contributed by atoms with van der Waals surface area (Å²) in [5, 5.41) is 4.76. The number of hydrazone groups is 1. The van der Waals surface area contributed by atoms with Crippen LogP contribution in [0.4, 0.5) is 5.13 Å². The molecule has 0 fully saturated rings. The molecule has 0 saturated carbocycles. The number of esters is 1. The van der Waals surface area contributed by atoms with Crippen LogP contribution < -0.4 is 5.43 Å². The third-order valence-corrected chi connectivity index (χ3v) is 4.36. The lowest BCUT2D eigenvalue weighted by Crippen LogP contribution is -2.01. The van der Waals surface area contributed by atoms with Gasteiger partial charge < -0.3 is 4.74 Å². The Kier molecular flexibility index (Phi) is 5.87. The van der Waals surface area contributed by atoms with E-state index in [-0.39, 0.29) is 5.97 Å². The number of anilines is 1. The van der Waals surface area contributed by atoms with Gasteiger partial charge >= 0.3 is 5.97 Å². The Labute approximate surface area is 140 Å². The number of methoxy groups -OCH3 is 1. The Morgan fingerprint density at radius 2 is 2.09 bits per heavy atom. The van der Waals surface area contributed by atoms with Crippen LogP contribution in [-0.4, -0.2) is 24.3 Å². The summed E-state index contributed by atoms with van der Waals surface area (Å²) in [6, 6.07) is 8.25. The highest BCUT2D eigenvalue weighted by molar-refractivity contribution is 7.17. The van der Waals surface area contributed by atoms with Gasteiger partial charge in [-0.1, -0.05) is 56.4 Å². The standard InChI is InChI=1S/C17H21N3O2S/c1-5-14-15(16(21)22-4)23-17(19-14)20-18-10-12-6-8-13(9-7-12)11(2)3/h6-11H,5H2,1-4H3,(H,19,20)/b18-10-. The Morgan fingerprint density at radius 1 is 1.39 bits per heavy atom. The van der Waals surface area contributed by atoms with Crippen molar-refractivity contribution in [2.24, 2.45) is 5.10 Å². The second-order valence-electron chi connectivity index (χ2n) is 5.33. The van der Waals surface area contributed by atoms with Gasteiger partial charge in [-0.25, -0.2) is 9.78 Å². The fraction of sp³-hybridized carbons (Fsp3) is 0.353. The Hall–Kier alpha value is -2.21. The number of aromatic nitrogens is 1. The van der Waals surface area contributed by atoms with Gasteiger partial charge in [-0.05, 0) is 23.5 Å². The Balaban J connectivity index is 2.05. The minimum absolute atomic E-state index is 0.361. The first kappa shape index (κ1) is 17.1. The maximum absolute atomic E-state index is 11.7. The highest BCUT2D eigenvalue weighted by Gasteiger charge is 2.17. The van der Waals surface area contributed by atoms with Gasteiger partial charge in [0.15, 0.2) is 0 Å². The van der Waals surface area contributed by atoms with Crippen LogP contribution in [0.15, 0.2) is 29.4 Å². The molecule has 1 aromatic heterocycles. The third-order valence-electron chi connectivity index (χ3n) is 3.38. The molecule has 0 bridgehead atoms. The topological polar surface area (TPSA) is 63.6 Å². The van der Waals surface area contributed by atoms with E-state index in [1.807, 2.05) is 19.1 Å². The number of hydrogen-bond acceptors (Lipinski definition) is 6. The largest absolute Gasteiger partial charge is 0.465 e. The van der Waals surface area contributed by atoms with Gasteiger partial charge in [-0.3, -0.25) is 5.43 Å². The molecule has 2 rings (SSSR count). The number of hydrogen-bond donors (Lipinski definition) is 1. The van der Waals surface area contributed by atoms with Crippen molar-refractivity contribution in [1.82, 2.24) is 4.98 Å². The van der Waals surface area contributed by atoms with E-state index >= 15 is 0 Å². The molecule has 0 aliphatic rings. The number of nitrogens with one attached hydrogen (secondary N) is 1. The molecule has 0 spiro atoms. The van der Waals surface area contributed by atoms with Gasteiger partial charge in [0.1, 0.15) is 4.88 Å². The fourth-order valence-electron chi connectivity index (χ4n) is 2.02. The van der Waals surface area contributed by atoms with Gasteiger partial charge in [0.2, 0.25) is 5.13 Å². The average molecular weight is 331 g/mol. The van der Waals surface area contributed by atoms with E-state index < -0.39 is 0 Å². The molecule has 2 aromatic rings. The molecule has 1 aromatic carbocycles. The number of carbonyl (C=O) groups is 1. The number of benzene rings is 1. The van der Waals surface area contributed by atoms with Crippen LogP contribution in [0.3, 0.4) is 0 Å². The van der Waals surface area contributed by atoms with Crippen molar-refractivity contribution >= 4 is 28.7 Å². The minimum Gasteiger partial charge on any atom is -0.465 e. The molecule has 0 aliphatic carbocycles. The van der Waals surface area contributed by atoms with E-state index in [0.717, 1.165) is 11.3 Å².